The molecule has 0 bridgehead atoms. The number of para-hydroxylation sites is 2. The Morgan fingerprint density at radius 2 is 2.17 bits per heavy atom. The van der Waals surface area contributed by atoms with Crippen molar-refractivity contribution in [3.63, 3.8) is 0 Å². The number of hydrogen-bond acceptors (Lipinski definition) is 5. The fourth-order valence-corrected chi connectivity index (χ4v) is 3.23. The molecule has 122 valence electrons. The zero-order valence-electron chi connectivity index (χ0n) is 12.4. The number of methoxy groups -OCH3 is 1. The highest BCUT2D eigenvalue weighted by Crippen LogP contribution is 2.31. The number of benzene rings is 1. The van der Waals surface area contributed by atoms with Gasteiger partial charge in [0.15, 0.2) is 11.7 Å². The minimum atomic E-state index is -2.91. The van der Waals surface area contributed by atoms with Crippen molar-refractivity contribution in [1.82, 2.24) is 9.55 Å². The topological polar surface area (TPSA) is 67.9 Å². The molecule has 5 nitrogen and oxygen atoms in total. The molecule has 3 rings (SSSR count). The molecule has 0 aliphatic carbocycles. The molecule has 0 aliphatic heterocycles. The quantitative estimate of drug-likeness (QED) is 0.655. The van der Waals surface area contributed by atoms with E-state index in [-0.39, 0.29) is 16.2 Å². The van der Waals surface area contributed by atoms with Crippen LogP contribution in [0, 0.1) is 11.3 Å². The summed E-state index contributed by atoms with van der Waals surface area (Å²) in [7, 11) is 1.45. The number of imidazole rings is 1. The van der Waals surface area contributed by atoms with E-state index < -0.39 is 18.3 Å². The standard InChI is InChI=1S/C16H11F2N3O2S/c1-23-9-6-13(24-8-9)14(22)10(7-19)15-20-11-4-2-3-5-12(11)21(15)16(17)18/h2-6,8,10,16H,1H3. The maximum Gasteiger partial charge on any atom is 0.320 e. The number of thiophene rings is 1. The minimum Gasteiger partial charge on any atom is -0.496 e. The predicted molar refractivity (Wildman–Crippen MR) is 84.5 cm³/mol. The van der Waals surface area contributed by atoms with Crippen molar-refractivity contribution in [3.05, 3.63) is 46.4 Å². The summed E-state index contributed by atoms with van der Waals surface area (Å²) in [5.41, 5.74) is 0.490. The van der Waals surface area contributed by atoms with Gasteiger partial charge >= 0.3 is 6.55 Å². The van der Waals surface area contributed by atoms with Gasteiger partial charge in [-0.25, -0.2) is 4.98 Å². The number of alkyl halides is 2. The maximum atomic E-state index is 13.5. The number of nitrogens with zero attached hydrogens (tertiary/aromatic N) is 3. The van der Waals surface area contributed by atoms with Crippen LogP contribution in [-0.2, 0) is 0 Å². The summed E-state index contributed by atoms with van der Waals surface area (Å²) in [5.74, 6) is -1.79. The fourth-order valence-electron chi connectivity index (χ4n) is 2.40. The second-order valence-corrected chi connectivity index (χ2v) is 5.79. The van der Waals surface area contributed by atoms with Crippen molar-refractivity contribution in [2.45, 2.75) is 12.5 Å². The lowest BCUT2D eigenvalue weighted by molar-refractivity contribution is 0.0701. The number of ketones is 1. The number of aromatic nitrogens is 2. The summed E-state index contributed by atoms with van der Waals surface area (Å²) in [6, 6.07) is 9.57. The molecule has 8 heteroatoms. The molecule has 1 aromatic carbocycles. The van der Waals surface area contributed by atoms with Crippen LogP contribution < -0.4 is 4.74 Å². The Labute approximate surface area is 139 Å². The van der Waals surface area contributed by atoms with Crippen molar-refractivity contribution in [3.8, 4) is 11.8 Å². The fraction of sp³-hybridized carbons (Fsp3) is 0.188. The first-order valence-electron chi connectivity index (χ1n) is 6.88. The van der Waals surface area contributed by atoms with Gasteiger partial charge < -0.3 is 4.74 Å². The second kappa shape index (κ2) is 6.37. The highest BCUT2D eigenvalue weighted by Gasteiger charge is 2.31. The summed E-state index contributed by atoms with van der Waals surface area (Å²) < 4.78 is 32.6. The van der Waals surface area contributed by atoms with Crippen LogP contribution in [0.25, 0.3) is 11.0 Å². The Bertz CT molecular complexity index is 942. The second-order valence-electron chi connectivity index (χ2n) is 4.88. The third-order valence-corrected chi connectivity index (χ3v) is 4.44. The molecule has 0 fully saturated rings. The van der Waals surface area contributed by atoms with E-state index in [2.05, 4.69) is 4.98 Å². The third kappa shape index (κ3) is 2.63. The van der Waals surface area contributed by atoms with Crippen LogP contribution in [0.5, 0.6) is 5.75 Å². The van der Waals surface area contributed by atoms with Gasteiger partial charge in [0.1, 0.15) is 11.6 Å². The van der Waals surface area contributed by atoms with E-state index in [4.69, 9.17) is 4.74 Å². The minimum absolute atomic E-state index is 0.180. The number of carbonyl (C=O) groups is 1. The van der Waals surface area contributed by atoms with Gasteiger partial charge in [-0.15, -0.1) is 11.3 Å². The molecular formula is C16H11F2N3O2S. The average molecular weight is 347 g/mol. The first-order valence-corrected chi connectivity index (χ1v) is 7.76. The van der Waals surface area contributed by atoms with E-state index in [0.717, 1.165) is 11.3 Å². The molecule has 0 saturated heterocycles. The highest BCUT2D eigenvalue weighted by atomic mass is 32.1. The third-order valence-electron chi connectivity index (χ3n) is 3.52. The maximum absolute atomic E-state index is 13.5. The molecule has 2 heterocycles. The van der Waals surface area contributed by atoms with Crippen LogP contribution >= 0.6 is 11.3 Å². The number of Topliss-reactive ketones (excluding diaryl/α,β-unsaturated/α-hetero) is 1. The largest absolute Gasteiger partial charge is 0.496 e. The van der Waals surface area contributed by atoms with E-state index in [1.807, 2.05) is 0 Å². The monoisotopic (exact) mass is 347 g/mol. The molecule has 2 aromatic heterocycles. The molecule has 0 spiro atoms. The number of fused-ring (bicyclic) bond motifs is 1. The van der Waals surface area contributed by atoms with Gasteiger partial charge in [-0.3, -0.25) is 9.36 Å². The van der Waals surface area contributed by atoms with E-state index in [1.165, 1.54) is 19.2 Å². The van der Waals surface area contributed by atoms with Gasteiger partial charge in [-0.05, 0) is 12.1 Å². The summed E-state index contributed by atoms with van der Waals surface area (Å²) in [4.78, 5) is 16.9. The molecule has 0 N–H and O–H groups in total. The average Bonchev–Trinajstić information content (AvgIpc) is 3.19. The normalized spacial score (nSPS) is 12.3. The van der Waals surface area contributed by atoms with Gasteiger partial charge in [0, 0.05) is 11.4 Å². The van der Waals surface area contributed by atoms with Crippen LogP contribution in [0.4, 0.5) is 8.78 Å². The lowest BCUT2D eigenvalue weighted by Gasteiger charge is -2.10. The Hall–Kier alpha value is -2.79. The van der Waals surface area contributed by atoms with E-state index in [1.54, 1.807) is 29.6 Å². The van der Waals surface area contributed by atoms with Crippen molar-refractivity contribution in [1.29, 1.82) is 5.26 Å². The number of ether oxygens (including phenoxy) is 1. The molecule has 1 atom stereocenters. The molecule has 0 radical (unpaired) electrons. The number of hydrogen-bond donors (Lipinski definition) is 0. The van der Waals surface area contributed by atoms with E-state index in [9.17, 15) is 18.8 Å². The Balaban J connectivity index is 2.11. The van der Waals surface area contributed by atoms with Crippen LogP contribution in [0.1, 0.15) is 28.0 Å². The van der Waals surface area contributed by atoms with Crippen molar-refractivity contribution < 1.29 is 18.3 Å². The Morgan fingerprint density at radius 1 is 1.42 bits per heavy atom. The number of nitriles is 1. The van der Waals surface area contributed by atoms with Crippen LogP contribution in [-0.4, -0.2) is 22.4 Å². The summed E-state index contributed by atoms with van der Waals surface area (Å²) >= 11 is 1.09. The predicted octanol–water partition coefficient (Wildman–Crippen LogP) is 3.99. The van der Waals surface area contributed by atoms with Crippen molar-refractivity contribution in [2.24, 2.45) is 0 Å². The van der Waals surface area contributed by atoms with Crippen molar-refractivity contribution >= 4 is 28.2 Å². The van der Waals surface area contributed by atoms with Crippen LogP contribution in [0.15, 0.2) is 35.7 Å². The van der Waals surface area contributed by atoms with Crippen LogP contribution in [0.3, 0.4) is 0 Å². The van der Waals surface area contributed by atoms with Crippen LogP contribution in [0.2, 0.25) is 0 Å². The first-order chi connectivity index (χ1) is 11.6. The summed E-state index contributed by atoms with van der Waals surface area (Å²) in [6.07, 6.45) is 0. The lowest BCUT2D eigenvalue weighted by Crippen LogP contribution is -2.16. The zero-order valence-corrected chi connectivity index (χ0v) is 13.3. The summed E-state index contributed by atoms with van der Waals surface area (Å²) in [6.45, 7) is -2.91. The molecule has 0 amide bonds. The Morgan fingerprint density at radius 3 is 2.79 bits per heavy atom. The SMILES string of the molecule is COc1csc(C(=O)C(C#N)c2nc3ccccc3n2C(F)F)c1. The lowest BCUT2D eigenvalue weighted by atomic mass is 10.0. The number of carbonyl (C=O) groups excluding carboxylic acids is 1. The molecule has 0 aliphatic rings. The van der Waals surface area contributed by atoms with Crippen molar-refractivity contribution in [2.75, 3.05) is 7.11 Å². The van der Waals surface area contributed by atoms with Gasteiger partial charge in [-0.1, -0.05) is 12.1 Å². The zero-order chi connectivity index (χ0) is 17.3. The molecule has 24 heavy (non-hydrogen) atoms. The Kier molecular flexibility index (Phi) is 4.27. The molecule has 1 unspecified atom stereocenters. The molecule has 0 saturated carbocycles. The van der Waals surface area contributed by atoms with Gasteiger partial charge in [0.05, 0.1) is 29.1 Å². The molecule has 3 aromatic rings. The highest BCUT2D eigenvalue weighted by molar-refractivity contribution is 7.12. The smallest absolute Gasteiger partial charge is 0.320 e. The van der Waals surface area contributed by atoms with E-state index in [0.29, 0.717) is 15.8 Å². The molecular weight excluding hydrogens is 336 g/mol. The summed E-state index contributed by atoms with van der Waals surface area (Å²) in [5, 5.41) is 11.0. The van der Waals surface area contributed by atoms with E-state index >= 15 is 0 Å². The first kappa shape index (κ1) is 16.1. The number of halogens is 2. The van der Waals surface area contributed by atoms with Gasteiger partial charge in [0.2, 0.25) is 0 Å². The van der Waals surface area contributed by atoms with Gasteiger partial charge in [0.25, 0.3) is 0 Å². The number of rotatable bonds is 5. The van der Waals surface area contributed by atoms with Gasteiger partial charge in [-0.2, -0.15) is 14.0 Å².